The minimum Gasteiger partial charge on any atom is -0.349 e. The lowest BCUT2D eigenvalue weighted by molar-refractivity contribution is -0.120. The molecule has 0 saturated carbocycles. The summed E-state index contributed by atoms with van der Waals surface area (Å²) in [6.45, 7) is 3.79. The molecule has 0 radical (unpaired) electrons. The predicted octanol–water partition coefficient (Wildman–Crippen LogP) is 5.43. The van der Waals surface area contributed by atoms with Gasteiger partial charge < -0.3 is 5.32 Å². The maximum Gasteiger partial charge on any atom is 0.233 e. The van der Waals surface area contributed by atoms with Crippen LogP contribution in [0.4, 0.5) is 4.39 Å². The molecule has 1 N–H and O–H groups in total. The summed E-state index contributed by atoms with van der Waals surface area (Å²) in [5.74, 6) is 0.214. The molecule has 0 spiro atoms. The number of amides is 1. The highest BCUT2D eigenvalue weighted by Gasteiger charge is 2.23. The Labute approximate surface area is 190 Å². The maximum atomic E-state index is 13.5. The summed E-state index contributed by atoms with van der Waals surface area (Å²) < 4.78 is 15.4. The molecule has 0 aliphatic rings. The van der Waals surface area contributed by atoms with Crippen LogP contribution in [0.15, 0.2) is 90.1 Å². The van der Waals surface area contributed by atoms with Gasteiger partial charge in [0.1, 0.15) is 5.82 Å². The molecule has 1 aromatic heterocycles. The Hall–Kier alpha value is -3.45. The van der Waals surface area contributed by atoms with Crippen molar-refractivity contribution in [2.24, 2.45) is 0 Å². The third-order valence-electron chi connectivity index (χ3n) is 5.06. The first-order valence-electron chi connectivity index (χ1n) is 10.3. The summed E-state index contributed by atoms with van der Waals surface area (Å²) in [6, 6.07) is 25.5. The van der Waals surface area contributed by atoms with Gasteiger partial charge in [-0.3, -0.25) is 9.36 Å². The molecule has 1 amide bonds. The van der Waals surface area contributed by atoms with E-state index in [1.54, 1.807) is 12.1 Å². The van der Waals surface area contributed by atoms with Crippen molar-refractivity contribution in [1.29, 1.82) is 0 Å². The summed E-state index contributed by atoms with van der Waals surface area (Å²) in [5, 5.41) is 11.9. The van der Waals surface area contributed by atoms with Crippen LogP contribution in [0.3, 0.4) is 0 Å². The summed E-state index contributed by atoms with van der Waals surface area (Å²) >= 11 is 1.31. The first-order valence-corrected chi connectivity index (χ1v) is 11.2. The Balaban J connectivity index is 1.60. The molecule has 4 rings (SSSR count). The van der Waals surface area contributed by atoms with E-state index in [0.29, 0.717) is 11.0 Å². The van der Waals surface area contributed by atoms with Crippen molar-refractivity contribution in [3.05, 3.63) is 96.3 Å². The summed E-state index contributed by atoms with van der Waals surface area (Å²) in [7, 11) is 0. The highest BCUT2D eigenvalue weighted by Crippen LogP contribution is 2.30. The van der Waals surface area contributed by atoms with E-state index < -0.39 is 5.25 Å². The summed E-state index contributed by atoms with van der Waals surface area (Å²) in [5.41, 5.74) is 2.65. The second-order valence-corrected chi connectivity index (χ2v) is 8.69. The van der Waals surface area contributed by atoms with Gasteiger partial charge in [-0.15, -0.1) is 10.2 Å². The monoisotopic (exact) mass is 446 g/mol. The number of aromatic nitrogens is 3. The van der Waals surface area contributed by atoms with Crippen molar-refractivity contribution < 1.29 is 9.18 Å². The maximum absolute atomic E-state index is 13.5. The third kappa shape index (κ3) is 4.89. The third-order valence-corrected chi connectivity index (χ3v) is 6.10. The normalized spacial score (nSPS) is 12.8. The molecule has 5 nitrogen and oxygen atoms in total. The lowest BCUT2D eigenvalue weighted by Crippen LogP contribution is -2.33. The fraction of sp³-hybridized carbons (Fsp3) is 0.160. The fourth-order valence-electron chi connectivity index (χ4n) is 3.31. The Morgan fingerprint density at radius 2 is 1.53 bits per heavy atom. The Morgan fingerprint density at radius 1 is 0.906 bits per heavy atom. The van der Waals surface area contributed by atoms with E-state index in [4.69, 9.17) is 0 Å². The number of hydrogen-bond donors (Lipinski definition) is 1. The Kier molecular flexibility index (Phi) is 6.66. The van der Waals surface area contributed by atoms with Gasteiger partial charge in [-0.05, 0) is 43.7 Å². The van der Waals surface area contributed by atoms with Crippen LogP contribution < -0.4 is 5.32 Å². The van der Waals surface area contributed by atoms with Gasteiger partial charge in [-0.2, -0.15) is 0 Å². The lowest BCUT2D eigenvalue weighted by Gasteiger charge is -2.18. The first-order chi connectivity index (χ1) is 15.5. The number of benzene rings is 3. The van der Waals surface area contributed by atoms with Gasteiger partial charge in [-0.1, -0.05) is 72.4 Å². The highest BCUT2D eigenvalue weighted by atomic mass is 32.2. The highest BCUT2D eigenvalue weighted by molar-refractivity contribution is 8.00. The van der Waals surface area contributed by atoms with Gasteiger partial charge >= 0.3 is 0 Å². The van der Waals surface area contributed by atoms with Crippen LogP contribution in [0.25, 0.3) is 17.1 Å². The number of rotatable bonds is 7. The SMILES string of the molecule is CC(Sc1nnc(-c2ccccc2)n1-c1ccc(F)cc1)C(=O)NC(C)c1ccccc1. The number of carbonyl (C=O) groups is 1. The van der Waals surface area contributed by atoms with Gasteiger partial charge in [0, 0.05) is 11.3 Å². The van der Waals surface area contributed by atoms with Crippen molar-refractivity contribution in [1.82, 2.24) is 20.1 Å². The van der Waals surface area contributed by atoms with Crippen molar-refractivity contribution >= 4 is 17.7 Å². The fourth-order valence-corrected chi connectivity index (χ4v) is 4.19. The average Bonchev–Trinajstić information content (AvgIpc) is 3.24. The smallest absolute Gasteiger partial charge is 0.233 e. The molecule has 7 heteroatoms. The standard InChI is InChI=1S/C25H23FN4OS/c1-17(19-9-5-3-6-10-19)27-24(31)18(2)32-25-29-28-23(20-11-7-4-8-12-20)30(25)22-15-13-21(26)14-16-22/h3-18H,1-2H3,(H,27,31). The van der Waals surface area contributed by atoms with Crippen LogP contribution >= 0.6 is 11.8 Å². The molecular formula is C25H23FN4OS. The van der Waals surface area contributed by atoms with Crippen molar-refractivity contribution in [2.75, 3.05) is 0 Å². The molecule has 3 aromatic carbocycles. The molecule has 2 atom stereocenters. The minimum absolute atomic E-state index is 0.0960. The summed E-state index contributed by atoms with van der Waals surface area (Å²) in [4.78, 5) is 12.9. The zero-order chi connectivity index (χ0) is 22.5. The van der Waals surface area contributed by atoms with Crippen LogP contribution in [0, 0.1) is 5.82 Å². The molecule has 0 aliphatic carbocycles. The second-order valence-electron chi connectivity index (χ2n) is 7.39. The Bertz CT molecular complexity index is 1180. The van der Waals surface area contributed by atoms with Gasteiger partial charge in [0.2, 0.25) is 5.91 Å². The van der Waals surface area contributed by atoms with Crippen LogP contribution in [0.5, 0.6) is 0 Å². The first kappa shape index (κ1) is 21.8. The van der Waals surface area contributed by atoms with Crippen molar-refractivity contribution in [3.8, 4) is 17.1 Å². The number of thioether (sulfide) groups is 1. The summed E-state index contributed by atoms with van der Waals surface area (Å²) in [6.07, 6.45) is 0. The number of halogens is 1. The van der Waals surface area contributed by atoms with Crippen LogP contribution in [-0.4, -0.2) is 25.9 Å². The van der Waals surface area contributed by atoms with Gasteiger partial charge in [0.25, 0.3) is 0 Å². The molecule has 4 aromatic rings. The topological polar surface area (TPSA) is 59.8 Å². The average molecular weight is 447 g/mol. The zero-order valence-electron chi connectivity index (χ0n) is 17.8. The molecule has 0 bridgehead atoms. The quantitative estimate of drug-likeness (QED) is 0.385. The van der Waals surface area contributed by atoms with E-state index in [9.17, 15) is 9.18 Å². The van der Waals surface area contributed by atoms with Gasteiger partial charge in [0.05, 0.1) is 11.3 Å². The van der Waals surface area contributed by atoms with E-state index in [2.05, 4.69) is 15.5 Å². The molecule has 1 heterocycles. The number of carbonyl (C=O) groups excluding carboxylic acids is 1. The van der Waals surface area contributed by atoms with Crippen LogP contribution in [0.1, 0.15) is 25.5 Å². The van der Waals surface area contributed by atoms with Crippen LogP contribution in [-0.2, 0) is 4.79 Å². The lowest BCUT2D eigenvalue weighted by atomic mass is 10.1. The molecule has 32 heavy (non-hydrogen) atoms. The largest absolute Gasteiger partial charge is 0.349 e. The van der Waals surface area contributed by atoms with E-state index in [1.807, 2.05) is 79.1 Å². The molecule has 0 aliphatic heterocycles. The molecular weight excluding hydrogens is 423 g/mol. The molecule has 162 valence electrons. The van der Waals surface area contributed by atoms with Crippen molar-refractivity contribution in [2.45, 2.75) is 30.3 Å². The molecule has 2 unspecified atom stereocenters. The molecule has 0 saturated heterocycles. The minimum atomic E-state index is -0.409. The zero-order valence-corrected chi connectivity index (χ0v) is 18.6. The number of nitrogens with zero attached hydrogens (tertiary/aromatic N) is 3. The van der Waals surface area contributed by atoms with Gasteiger partial charge in [0.15, 0.2) is 11.0 Å². The Morgan fingerprint density at radius 3 is 2.19 bits per heavy atom. The predicted molar refractivity (Wildman–Crippen MR) is 125 cm³/mol. The number of hydrogen-bond acceptors (Lipinski definition) is 4. The van der Waals surface area contributed by atoms with E-state index >= 15 is 0 Å². The number of nitrogens with one attached hydrogen (secondary N) is 1. The second kappa shape index (κ2) is 9.78. The van der Waals surface area contributed by atoms with Gasteiger partial charge in [-0.25, -0.2) is 4.39 Å². The molecule has 0 fully saturated rings. The van der Waals surface area contributed by atoms with E-state index in [-0.39, 0.29) is 17.8 Å². The van der Waals surface area contributed by atoms with E-state index in [1.165, 1.54) is 23.9 Å². The van der Waals surface area contributed by atoms with E-state index in [0.717, 1.165) is 16.8 Å². The van der Waals surface area contributed by atoms with Crippen LogP contribution in [0.2, 0.25) is 0 Å². The van der Waals surface area contributed by atoms with Crippen molar-refractivity contribution in [3.63, 3.8) is 0 Å².